The van der Waals surface area contributed by atoms with Gasteiger partial charge in [0.05, 0.1) is 5.69 Å². The molecule has 0 spiro atoms. The van der Waals surface area contributed by atoms with Gasteiger partial charge in [0, 0.05) is 11.2 Å². The van der Waals surface area contributed by atoms with Crippen LogP contribution in [0, 0.1) is 11.3 Å². The van der Waals surface area contributed by atoms with Gasteiger partial charge in [-0.3, -0.25) is 4.72 Å². The number of nitrogens with zero attached hydrogens (tertiary/aromatic N) is 2. The fourth-order valence-corrected chi connectivity index (χ4v) is 2.80. The van der Waals surface area contributed by atoms with Crippen molar-refractivity contribution in [2.75, 3.05) is 4.72 Å². The van der Waals surface area contributed by atoms with Crippen LogP contribution in [-0.2, 0) is 10.0 Å². The molecule has 0 atom stereocenters. The van der Waals surface area contributed by atoms with Gasteiger partial charge in [0.2, 0.25) is 0 Å². The van der Waals surface area contributed by atoms with E-state index >= 15 is 0 Å². The summed E-state index contributed by atoms with van der Waals surface area (Å²) >= 11 is 5.78. The number of rotatable bonds is 3. The monoisotopic (exact) mass is 293 g/mol. The highest BCUT2D eigenvalue weighted by atomic mass is 35.5. The Morgan fingerprint density at radius 3 is 2.74 bits per heavy atom. The van der Waals surface area contributed by atoms with Crippen molar-refractivity contribution >= 4 is 27.3 Å². The molecule has 1 aromatic heterocycles. The average Bonchev–Trinajstić information content (AvgIpc) is 2.38. The Hall–Kier alpha value is -2.10. The second-order valence-electron chi connectivity index (χ2n) is 3.58. The van der Waals surface area contributed by atoms with Gasteiger partial charge in [-0.25, -0.2) is 13.4 Å². The molecule has 0 fully saturated rings. The zero-order chi connectivity index (χ0) is 13.9. The number of pyridine rings is 1. The Morgan fingerprint density at radius 1 is 1.26 bits per heavy atom. The molecule has 1 aromatic carbocycles. The summed E-state index contributed by atoms with van der Waals surface area (Å²) < 4.78 is 26.6. The summed E-state index contributed by atoms with van der Waals surface area (Å²) in [6.45, 7) is 0. The lowest BCUT2D eigenvalue weighted by molar-refractivity contribution is 0.600. The van der Waals surface area contributed by atoms with E-state index in [4.69, 9.17) is 16.9 Å². The molecule has 7 heteroatoms. The van der Waals surface area contributed by atoms with Gasteiger partial charge in [-0.1, -0.05) is 17.7 Å². The predicted octanol–water partition coefficient (Wildman–Crippen LogP) is 2.41. The van der Waals surface area contributed by atoms with E-state index in [1.807, 2.05) is 0 Å². The van der Waals surface area contributed by atoms with Crippen molar-refractivity contribution in [2.24, 2.45) is 0 Å². The molecular formula is C12H8ClN3O2S. The molecule has 2 rings (SSSR count). The molecule has 1 N–H and O–H groups in total. The van der Waals surface area contributed by atoms with Gasteiger partial charge in [0.1, 0.15) is 11.0 Å². The number of anilines is 1. The lowest BCUT2D eigenvalue weighted by Gasteiger charge is -2.08. The van der Waals surface area contributed by atoms with Crippen molar-refractivity contribution in [2.45, 2.75) is 4.90 Å². The molecule has 2 aromatic rings. The quantitative estimate of drug-likeness (QED) is 0.942. The van der Waals surface area contributed by atoms with Crippen LogP contribution in [0.25, 0.3) is 0 Å². The number of nitriles is 1. The fraction of sp³-hybridized carbons (Fsp3) is 0. The molecule has 0 saturated heterocycles. The average molecular weight is 294 g/mol. The Balaban J connectivity index is 2.41. The van der Waals surface area contributed by atoms with Crippen LogP contribution < -0.4 is 4.72 Å². The third kappa shape index (κ3) is 3.02. The number of hydrogen-bond acceptors (Lipinski definition) is 4. The van der Waals surface area contributed by atoms with Crippen LogP contribution in [0.1, 0.15) is 5.69 Å². The van der Waals surface area contributed by atoms with E-state index in [2.05, 4.69) is 9.71 Å². The SMILES string of the molecule is N#Cc1ncccc1S(=O)(=O)Nc1cccc(Cl)c1. The van der Waals surface area contributed by atoms with Crippen molar-refractivity contribution in [3.8, 4) is 6.07 Å². The predicted molar refractivity (Wildman–Crippen MR) is 71.2 cm³/mol. The third-order valence-electron chi connectivity index (χ3n) is 2.24. The van der Waals surface area contributed by atoms with Crippen molar-refractivity contribution < 1.29 is 8.42 Å². The van der Waals surface area contributed by atoms with E-state index in [-0.39, 0.29) is 10.6 Å². The molecule has 0 aliphatic heterocycles. The molecular weight excluding hydrogens is 286 g/mol. The first-order valence-electron chi connectivity index (χ1n) is 5.16. The first-order chi connectivity index (χ1) is 9.03. The van der Waals surface area contributed by atoms with E-state index in [1.54, 1.807) is 24.3 Å². The maximum atomic E-state index is 12.1. The second kappa shape index (κ2) is 5.26. The summed E-state index contributed by atoms with van der Waals surface area (Å²) in [6.07, 6.45) is 1.36. The first-order valence-corrected chi connectivity index (χ1v) is 7.02. The Kier molecular flexibility index (Phi) is 3.69. The number of halogens is 1. The Bertz CT molecular complexity index is 754. The minimum absolute atomic E-state index is 0.156. The number of aromatic nitrogens is 1. The maximum Gasteiger partial charge on any atom is 0.264 e. The molecule has 0 aliphatic rings. The first kappa shape index (κ1) is 13.3. The van der Waals surface area contributed by atoms with Gasteiger partial charge < -0.3 is 0 Å². The van der Waals surface area contributed by atoms with Crippen molar-refractivity contribution in [1.82, 2.24) is 4.98 Å². The highest BCUT2D eigenvalue weighted by Crippen LogP contribution is 2.20. The molecule has 5 nitrogen and oxygen atoms in total. The van der Waals surface area contributed by atoms with Gasteiger partial charge in [-0.05, 0) is 30.3 Å². The minimum atomic E-state index is -3.87. The van der Waals surface area contributed by atoms with Crippen LogP contribution in [0.15, 0.2) is 47.5 Å². The lowest BCUT2D eigenvalue weighted by Crippen LogP contribution is -2.14. The Morgan fingerprint density at radius 2 is 2.05 bits per heavy atom. The van der Waals surface area contributed by atoms with Crippen LogP contribution >= 0.6 is 11.6 Å². The molecule has 0 aliphatic carbocycles. The van der Waals surface area contributed by atoms with E-state index in [0.717, 1.165) is 0 Å². The number of sulfonamides is 1. The summed E-state index contributed by atoms with van der Waals surface area (Å²) in [5.41, 5.74) is 0.164. The van der Waals surface area contributed by atoms with Crippen LogP contribution in [-0.4, -0.2) is 13.4 Å². The highest BCUT2D eigenvalue weighted by molar-refractivity contribution is 7.92. The lowest BCUT2D eigenvalue weighted by atomic mass is 10.3. The number of nitrogens with one attached hydrogen (secondary N) is 1. The molecule has 19 heavy (non-hydrogen) atoms. The standard InChI is InChI=1S/C12H8ClN3O2S/c13-9-3-1-4-10(7-9)16-19(17,18)12-5-2-6-15-11(12)8-14/h1-7,16H. The van der Waals surface area contributed by atoms with E-state index < -0.39 is 10.0 Å². The van der Waals surface area contributed by atoms with E-state index in [0.29, 0.717) is 10.7 Å². The molecule has 96 valence electrons. The Labute approximate surface area is 115 Å². The summed E-state index contributed by atoms with van der Waals surface area (Å²) in [7, 11) is -3.87. The van der Waals surface area contributed by atoms with Gasteiger partial charge in [0.15, 0.2) is 5.69 Å². The smallest absolute Gasteiger partial charge is 0.264 e. The number of benzene rings is 1. The van der Waals surface area contributed by atoms with Crippen LogP contribution in [0.4, 0.5) is 5.69 Å². The number of hydrogen-bond donors (Lipinski definition) is 1. The maximum absolute atomic E-state index is 12.1. The highest BCUT2D eigenvalue weighted by Gasteiger charge is 2.19. The summed E-state index contributed by atoms with van der Waals surface area (Å²) in [5, 5.41) is 9.28. The molecule has 0 unspecified atom stereocenters. The van der Waals surface area contributed by atoms with Crippen LogP contribution in [0.5, 0.6) is 0 Å². The van der Waals surface area contributed by atoms with Crippen molar-refractivity contribution in [3.63, 3.8) is 0 Å². The summed E-state index contributed by atoms with van der Waals surface area (Å²) in [5.74, 6) is 0. The normalized spacial score (nSPS) is 10.7. The largest absolute Gasteiger partial charge is 0.279 e. The minimum Gasteiger partial charge on any atom is -0.279 e. The van der Waals surface area contributed by atoms with Crippen molar-refractivity contribution in [1.29, 1.82) is 5.26 Å². The zero-order valence-electron chi connectivity index (χ0n) is 9.54. The second-order valence-corrected chi connectivity index (χ2v) is 5.67. The van der Waals surface area contributed by atoms with E-state index in [9.17, 15) is 8.42 Å². The zero-order valence-corrected chi connectivity index (χ0v) is 11.1. The molecule has 0 amide bonds. The van der Waals surface area contributed by atoms with Gasteiger partial charge in [0.25, 0.3) is 10.0 Å². The van der Waals surface area contributed by atoms with Gasteiger partial charge in [-0.15, -0.1) is 0 Å². The van der Waals surface area contributed by atoms with Gasteiger partial charge in [-0.2, -0.15) is 5.26 Å². The van der Waals surface area contributed by atoms with Crippen LogP contribution in [0.3, 0.4) is 0 Å². The molecule has 0 saturated carbocycles. The third-order valence-corrected chi connectivity index (χ3v) is 3.89. The summed E-state index contributed by atoms with van der Waals surface area (Å²) in [4.78, 5) is 3.55. The summed E-state index contributed by atoms with van der Waals surface area (Å²) in [6, 6.07) is 10.8. The fourth-order valence-electron chi connectivity index (χ4n) is 1.45. The van der Waals surface area contributed by atoms with E-state index in [1.165, 1.54) is 24.4 Å². The topological polar surface area (TPSA) is 82.8 Å². The molecule has 0 bridgehead atoms. The van der Waals surface area contributed by atoms with Gasteiger partial charge >= 0.3 is 0 Å². The molecule has 1 heterocycles. The van der Waals surface area contributed by atoms with Crippen molar-refractivity contribution in [3.05, 3.63) is 53.3 Å². The molecule has 0 radical (unpaired) electrons. The van der Waals surface area contributed by atoms with Crippen LogP contribution in [0.2, 0.25) is 5.02 Å².